The summed E-state index contributed by atoms with van der Waals surface area (Å²) in [6.07, 6.45) is 1.08. The third kappa shape index (κ3) is 11.2. The minimum atomic E-state index is 0. The van der Waals surface area contributed by atoms with Gasteiger partial charge in [-0.15, -0.1) is 24.0 Å². The topological polar surface area (TPSA) is 66.0 Å². The molecule has 0 aromatic heterocycles. The molecule has 0 atom stereocenters. The van der Waals surface area contributed by atoms with Crippen LogP contribution in [0.15, 0.2) is 29.3 Å². The molecule has 27 heavy (non-hydrogen) atoms. The van der Waals surface area contributed by atoms with E-state index in [1.807, 2.05) is 31.2 Å². The van der Waals surface area contributed by atoms with E-state index in [0.717, 1.165) is 37.6 Å². The predicted octanol–water partition coefficient (Wildman–Crippen LogP) is 3.12. The molecule has 1 aromatic carbocycles. The molecule has 0 aliphatic heterocycles. The van der Waals surface area contributed by atoms with Gasteiger partial charge in [0.15, 0.2) is 5.96 Å². The van der Waals surface area contributed by atoms with Crippen molar-refractivity contribution in [3.05, 3.63) is 35.4 Å². The van der Waals surface area contributed by atoms with E-state index in [-0.39, 0.29) is 29.9 Å². The number of rotatable bonds is 10. The Bertz CT molecular complexity index is 560. The lowest BCUT2D eigenvalue weighted by Gasteiger charge is -2.12. The predicted molar refractivity (Wildman–Crippen MR) is 123 cm³/mol. The first kappa shape index (κ1) is 25.6. The van der Waals surface area contributed by atoms with E-state index in [4.69, 9.17) is 4.74 Å². The Kier molecular flexibility index (Phi) is 13.9. The molecule has 0 radical (unpaired) electrons. The molecule has 0 aliphatic rings. The van der Waals surface area contributed by atoms with Crippen LogP contribution in [-0.4, -0.2) is 57.2 Å². The first-order chi connectivity index (χ1) is 12.4. The highest BCUT2D eigenvalue weighted by Gasteiger charge is 2.07. The summed E-state index contributed by atoms with van der Waals surface area (Å²) >= 11 is 0. The molecule has 0 saturated carbocycles. The van der Waals surface area contributed by atoms with Gasteiger partial charge in [-0.1, -0.05) is 26.0 Å². The van der Waals surface area contributed by atoms with Gasteiger partial charge in [0.1, 0.15) is 0 Å². The highest BCUT2D eigenvalue weighted by Crippen LogP contribution is 2.07. The van der Waals surface area contributed by atoms with Gasteiger partial charge >= 0.3 is 0 Å². The van der Waals surface area contributed by atoms with Crippen LogP contribution in [0.4, 0.5) is 0 Å². The number of hydrogen-bond acceptors (Lipinski definition) is 3. The van der Waals surface area contributed by atoms with Crippen LogP contribution in [0.5, 0.6) is 0 Å². The molecular formula is C20H35IN4O2. The first-order valence-corrected chi connectivity index (χ1v) is 9.34. The summed E-state index contributed by atoms with van der Waals surface area (Å²) in [6.45, 7) is 9.97. The summed E-state index contributed by atoms with van der Waals surface area (Å²) in [6, 6.07) is 7.57. The standard InChI is InChI=1S/C20H34N4O2.HI/c1-6-21-20(22-12-14-26-13-11-16(2)3)23-15-17-7-9-18(10-8-17)19(25)24(4)5;/h7-10,16H,6,11-15H2,1-5H3,(H2,21,22,23);1H. The SMILES string of the molecule is CCNC(=NCc1ccc(C(=O)N(C)C)cc1)NCCOCCC(C)C.I. The fourth-order valence-electron chi connectivity index (χ4n) is 2.19. The number of carbonyl (C=O) groups is 1. The number of halogens is 1. The number of nitrogens with zero attached hydrogens (tertiary/aromatic N) is 2. The maximum Gasteiger partial charge on any atom is 0.253 e. The average molecular weight is 490 g/mol. The maximum atomic E-state index is 11.9. The largest absolute Gasteiger partial charge is 0.380 e. The Morgan fingerprint density at radius 1 is 1.15 bits per heavy atom. The van der Waals surface area contributed by atoms with Crippen LogP contribution < -0.4 is 10.6 Å². The third-order valence-corrected chi connectivity index (χ3v) is 3.75. The van der Waals surface area contributed by atoms with E-state index in [9.17, 15) is 4.79 Å². The molecule has 154 valence electrons. The molecule has 0 spiro atoms. The zero-order chi connectivity index (χ0) is 19.4. The number of carbonyl (C=O) groups excluding carboxylic acids is 1. The molecule has 0 saturated heterocycles. The summed E-state index contributed by atoms with van der Waals surface area (Å²) in [5.41, 5.74) is 1.75. The Hall–Kier alpha value is -1.35. The number of aliphatic imine (C=N–C) groups is 1. The Labute approximate surface area is 181 Å². The Morgan fingerprint density at radius 2 is 1.81 bits per heavy atom. The van der Waals surface area contributed by atoms with Gasteiger partial charge in [-0.3, -0.25) is 4.79 Å². The second kappa shape index (κ2) is 14.7. The highest BCUT2D eigenvalue weighted by atomic mass is 127. The molecule has 0 heterocycles. The van der Waals surface area contributed by atoms with Gasteiger partial charge in [0.05, 0.1) is 13.2 Å². The lowest BCUT2D eigenvalue weighted by atomic mass is 10.1. The minimum Gasteiger partial charge on any atom is -0.380 e. The van der Waals surface area contributed by atoms with Gasteiger partial charge in [0, 0.05) is 39.4 Å². The molecule has 6 nitrogen and oxygen atoms in total. The molecule has 0 bridgehead atoms. The van der Waals surface area contributed by atoms with Crippen LogP contribution >= 0.6 is 24.0 Å². The van der Waals surface area contributed by atoms with Crippen LogP contribution in [0.3, 0.4) is 0 Å². The van der Waals surface area contributed by atoms with E-state index in [2.05, 4.69) is 29.5 Å². The van der Waals surface area contributed by atoms with Crippen molar-refractivity contribution >= 4 is 35.8 Å². The van der Waals surface area contributed by atoms with E-state index in [1.54, 1.807) is 19.0 Å². The second-order valence-corrected chi connectivity index (χ2v) is 6.81. The van der Waals surface area contributed by atoms with Gasteiger partial charge in [0.25, 0.3) is 5.91 Å². The average Bonchev–Trinajstić information content (AvgIpc) is 2.61. The van der Waals surface area contributed by atoms with Crippen molar-refractivity contribution in [3.8, 4) is 0 Å². The van der Waals surface area contributed by atoms with E-state index >= 15 is 0 Å². The molecule has 1 rings (SSSR count). The summed E-state index contributed by atoms with van der Waals surface area (Å²) < 4.78 is 5.61. The lowest BCUT2D eigenvalue weighted by Crippen LogP contribution is -2.39. The quantitative estimate of drug-likeness (QED) is 0.229. The van der Waals surface area contributed by atoms with Crippen molar-refractivity contribution in [3.63, 3.8) is 0 Å². The normalized spacial score (nSPS) is 11.1. The summed E-state index contributed by atoms with van der Waals surface area (Å²) in [4.78, 5) is 18.1. The summed E-state index contributed by atoms with van der Waals surface area (Å²) in [5, 5.41) is 6.51. The fraction of sp³-hybridized carbons (Fsp3) is 0.600. The van der Waals surface area contributed by atoms with Crippen LogP contribution in [-0.2, 0) is 11.3 Å². The lowest BCUT2D eigenvalue weighted by molar-refractivity contribution is 0.0827. The minimum absolute atomic E-state index is 0. The molecule has 2 N–H and O–H groups in total. The van der Waals surface area contributed by atoms with Gasteiger partial charge in [-0.05, 0) is 37.0 Å². The number of guanidine groups is 1. The molecule has 0 fully saturated rings. The number of ether oxygens (including phenoxy) is 1. The molecule has 1 amide bonds. The van der Waals surface area contributed by atoms with Crippen LogP contribution in [0.25, 0.3) is 0 Å². The van der Waals surface area contributed by atoms with Gasteiger partial charge in [-0.25, -0.2) is 4.99 Å². The smallest absolute Gasteiger partial charge is 0.253 e. The second-order valence-electron chi connectivity index (χ2n) is 6.81. The number of benzene rings is 1. The van der Waals surface area contributed by atoms with Crippen LogP contribution in [0.2, 0.25) is 0 Å². The highest BCUT2D eigenvalue weighted by molar-refractivity contribution is 14.0. The Morgan fingerprint density at radius 3 is 2.37 bits per heavy atom. The molecule has 1 aromatic rings. The molecule has 7 heteroatoms. The molecule has 0 unspecified atom stereocenters. The zero-order valence-corrected chi connectivity index (χ0v) is 19.6. The Balaban J connectivity index is 0.00000676. The monoisotopic (exact) mass is 490 g/mol. The zero-order valence-electron chi connectivity index (χ0n) is 17.2. The van der Waals surface area contributed by atoms with Crippen LogP contribution in [0.1, 0.15) is 43.1 Å². The van der Waals surface area contributed by atoms with Crippen molar-refractivity contribution in [2.24, 2.45) is 10.9 Å². The molecular weight excluding hydrogens is 455 g/mol. The van der Waals surface area contributed by atoms with Gasteiger partial charge < -0.3 is 20.3 Å². The third-order valence-electron chi connectivity index (χ3n) is 3.75. The van der Waals surface area contributed by atoms with Gasteiger partial charge in [0.2, 0.25) is 0 Å². The van der Waals surface area contributed by atoms with Crippen molar-refractivity contribution in [2.75, 3.05) is 40.4 Å². The van der Waals surface area contributed by atoms with Crippen LogP contribution in [0, 0.1) is 5.92 Å². The van der Waals surface area contributed by atoms with Crippen molar-refractivity contribution in [1.29, 1.82) is 0 Å². The van der Waals surface area contributed by atoms with Crippen molar-refractivity contribution in [1.82, 2.24) is 15.5 Å². The van der Waals surface area contributed by atoms with Crippen molar-refractivity contribution < 1.29 is 9.53 Å². The number of hydrogen-bond donors (Lipinski definition) is 2. The fourth-order valence-corrected chi connectivity index (χ4v) is 2.19. The first-order valence-electron chi connectivity index (χ1n) is 9.34. The summed E-state index contributed by atoms with van der Waals surface area (Å²) in [5.74, 6) is 1.45. The maximum absolute atomic E-state index is 11.9. The molecule has 0 aliphatic carbocycles. The van der Waals surface area contributed by atoms with E-state index in [0.29, 0.717) is 24.6 Å². The number of nitrogens with one attached hydrogen (secondary N) is 2. The summed E-state index contributed by atoms with van der Waals surface area (Å²) in [7, 11) is 3.50. The van der Waals surface area contributed by atoms with E-state index in [1.165, 1.54) is 0 Å². The van der Waals surface area contributed by atoms with E-state index < -0.39 is 0 Å². The van der Waals surface area contributed by atoms with Crippen molar-refractivity contribution in [2.45, 2.75) is 33.7 Å². The number of amides is 1. The van der Waals surface area contributed by atoms with Gasteiger partial charge in [-0.2, -0.15) is 0 Å².